The molecule has 2 atom stereocenters. The van der Waals surface area contributed by atoms with E-state index in [1.807, 2.05) is 13.8 Å². The third-order valence-electron chi connectivity index (χ3n) is 4.23. The Hall–Kier alpha value is -1.86. The Labute approximate surface area is 156 Å². The highest BCUT2D eigenvalue weighted by Gasteiger charge is 2.27. The third-order valence-corrected chi connectivity index (χ3v) is 5.64. The molecule has 0 spiro atoms. The fourth-order valence-corrected chi connectivity index (χ4v) is 3.71. The molecule has 0 aliphatic carbocycles. The smallest absolute Gasteiger partial charge is 0.256 e. The minimum Gasteiger partial charge on any atom is -0.431 e. The normalized spacial score (nSPS) is 18.2. The van der Waals surface area contributed by atoms with Crippen LogP contribution >= 0.6 is 11.8 Å². The molecule has 1 N–H and O–H groups in total. The molecule has 3 rings (SSSR count). The van der Waals surface area contributed by atoms with Crippen LogP contribution in [0.5, 0.6) is 0 Å². The van der Waals surface area contributed by atoms with Gasteiger partial charge in [-0.2, -0.15) is 0 Å². The number of nitrogens with zero attached hydrogens (tertiary/aromatic N) is 1. The number of aromatic nitrogens is 1. The molecule has 2 heterocycles. The van der Waals surface area contributed by atoms with Gasteiger partial charge < -0.3 is 14.5 Å². The third kappa shape index (κ3) is 4.86. The van der Waals surface area contributed by atoms with E-state index in [0.29, 0.717) is 17.5 Å². The summed E-state index contributed by atoms with van der Waals surface area (Å²) in [4.78, 5) is 16.8. The van der Waals surface area contributed by atoms with Gasteiger partial charge in [0, 0.05) is 18.7 Å². The molecule has 2 unspecified atom stereocenters. The van der Waals surface area contributed by atoms with E-state index in [1.54, 1.807) is 18.3 Å². The van der Waals surface area contributed by atoms with Crippen molar-refractivity contribution in [3.05, 3.63) is 36.3 Å². The summed E-state index contributed by atoms with van der Waals surface area (Å²) in [6.45, 7) is 5.29. The fourth-order valence-electron chi connectivity index (χ4n) is 2.78. The number of oxazole rings is 1. The highest BCUT2D eigenvalue weighted by atomic mass is 32.2. The first-order chi connectivity index (χ1) is 12.5. The molecular formula is C19H23FN2O3S. The second-order valence-corrected chi connectivity index (χ2v) is 7.75. The van der Waals surface area contributed by atoms with E-state index in [-0.39, 0.29) is 29.0 Å². The molecule has 0 bridgehead atoms. The number of thioether (sulfide) groups is 1. The number of ether oxygens (including phenoxy) is 1. The van der Waals surface area contributed by atoms with Gasteiger partial charge in [-0.05, 0) is 43.0 Å². The van der Waals surface area contributed by atoms with E-state index in [0.717, 1.165) is 25.0 Å². The van der Waals surface area contributed by atoms with Gasteiger partial charge >= 0.3 is 0 Å². The number of halogens is 1. The second-order valence-electron chi connectivity index (χ2n) is 6.66. The van der Waals surface area contributed by atoms with Gasteiger partial charge in [-0.15, -0.1) is 0 Å². The van der Waals surface area contributed by atoms with Gasteiger partial charge in [-0.1, -0.05) is 25.6 Å². The minimum absolute atomic E-state index is 0.0398. The maximum Gasteiger partial charge on any atom is 0.256 e. The number of carbonyl (C=O) groups excluding carboxylic acids is 1. The number of carbonyl (C=O) groups is 1. The lowest BCUT2D eigenvalue weighted by atomic mass is 10.1. The van der Waals surface area contributed by atoms with Crippen molar-refractivity contribution in [2.45, 2.75) is 43.3 Å². The van der Waals surface area contributed by atoms with E-state index in [2.05, 4.69) is 10.3 Å². The lowest BCUT2D eigenvalue weighted by Gasteiger charge is -2.19. The van der Waals surface area contributed by atoms with Crippen LogP contribution in [0, 0.1) is 11.7 Å². The van der Waals surface area contributed by atoms with E-state index in [9.17, 15) is 9.18 Å². The molecule has 1 aromatic heterocycles. The maximum absolute atomic E-state index is 13.0. The van der Waals surface area contributed by atoms with Gasteiger partial charge in [-0.3, -0.25) is 4.79 Å². The zero-order chi connectivity index (χ0) is 18.5. The van der Waals surface area contributed by atoms with Crippen LogP contribution in [0.2, 0.25) is 0 Å². The molecule has 0 saturated carbocycles. The lowest BCUT2D eigenvalue weighted by molar-refractivity contribution is -0.121. The summed E-state index contributed by atoms with van der Waals surface area (Å²) in [6.07, 6.45) is 3.74. The van der Waals surface area contributed by atoms with Gasteiger partial charge in [0.05, 0.1) is 17.6 Å². The summed E-state index contributed by atoms with van der Waals surface area (Å²) in [6, 6.07) is 6.03. The zero-order valence-corrected chi connectivity index (χ0v) is 15.7. The predicted molar refractivity (Wildman–Crippen MR) is 98.4 cm³/mol. The minimum atomic E-state index is -0.309. The largest absolute Gasteiger partial charge is 0.431 e. The highest BCUT2D eigenvalue weighted by Crippen LogP contribution is 2.31. The molecule has 2 aromatic rings. The molecule has 140 valence electrons. The summed E-state index contributed by atoms with van der Waals surface area (Å²) in [7, 11) is 0. The zero-order valence-electron chi connectivity index (χ0n) is 14.9. The quantitative estimate of drug-likeness (QED) is 0.741. The van der Waals surface area contributed by atoms with Crippen molar-refractivity contribution in [3.63, 3.8) is 0 Å². The Morgan fingerprint density at radius 2 is 2.15 bits per heavy atom. The average molecular weight is 378 g/mol. The van der Waals surface area contributed by atoms with Gasteiger partial charge in [0.25, 0.3) is 5.22 Å². The first-order valence-corrected chi connectivity index (χ1v) is 9.68. The van der Waals surface area contributed by atoms with E-state index < -0.39 is 0 Å². The van der Waals surface area contributed by atoms with Crippen LogP contribution in [0.4, 0.5) is 4.39 Å². The number of hydrogen-bond donors (Lipinski definition) is 1. The van der Waals surface area contributed by atoms with E-state index in [4.69, 9.17) is 9.15 Å². The molecule has 5 nitrogen and oxygen atoms in total. The van der Waals surface area contributed by atoms with E-state index >= 15 is 0 Å². The van der Waals surface area contributed by atoms with Crippen LogP contribution < -0.4 is 5.32 Å². The number of amides is 1. The van der Waals surface area contributed by atoms with Crippen LogP contribution in [-0.4, -0.2) is 35.4 Å². The summed E-state index contributed by atoms with van der Waals surface area (Å²) in [5, 5.41) is 3.09. The molecule has 0 radical (unpaired) electrons. The van der Waals surface area contributed by atoms with Crippen LogP contribution in [-0.2, 0) is 9.53 Å². The lowest BCUT2D eigenvalue weighted by Crippen LogP contribution is -2.39. The maximum atomic E-state index is 13.0. The molecule has 26 heavy (non-hydrogen) atoms. The van der Waals surface area contributed by atoms with Crippen LogP contribution in [0.1, 0.15) is 26.7 Å². The monoisotopic (exact) mass is 378 g/mol. The number of benzene rings is 1. The van der Waals surface area contributed by atoms with Crippen LogP contribution in [0.15, 0.2) is 40.1 Å². The molecule has 1 fully saturated rings. The van der Waals surface area contributed by atoms with Gasteiger partial charge in [0.1, 0.15) is 5.82 Å². The molecule has 1 aromatic carbocycles. The van der Waals surface area contributed by atoms with Crippen molar-refractivity contribution < 1.29 is 18.3 Å². The summed E-state index contributed by atoms with van der Waals surface area (Å²) >= 11 is 1.30. The van der Waals surface area contributed by atoms with Gasteiger partial charge in [0.15, 0.2) is 5.76 Å². The molecule has 7 heteroatoms. The standard InChI is InChI=1S/C19H23FN2O3S/c1-12(2)17(18(23)21-10-15-4-3-9-24-15)26-19-22-11-16(25-19)13-5-7-14(20)8-6-13/h5-8,11-12,15,17H,3-4,9-10H2,1-2H3,(H,21,23). The van der Waals surface area contributed by atoms with Crippen molar-refractivity contribution in [3.8, 4) is 11.3 Å². The SMILES string of the molecule is CC(C)C(Sc1ncc(-c2ccc(F)cc2)o1)C(=O)NCC1CCCO1. The Morgan fingerprint density at radius 1 is 1.38 bits per heavy atom. The van der Waals surface area contributed by atoms with Crippen molar-refractivity contribution in [1.82, 2.24) is 10.3 Å². The predicted octanol–water partition coefficient (Wildman–Crippen LogP) is 3.89. The Bertz CT molecular complexity index is 727. The van der Waals surface area contributed by atoms with Crippen molar-refractivity contribution in [2.24, 2.45) is 5.92 Å². The molecule has 1 aliphatic rings. The highest BCUT2D eigenvalue weighted by molar-refractivity contribution is 8.00. The van der Waals surface area contributed by atoms with Crippen molar-refractivity contribution in [1.29, 1.82) is 0 Å². The molecular weight excluding hydrogens is 355 g/mol. The van der Waals surface area contributed by atoms with E-state index in [1.165, 1.54) is 23.9 Å². The fraction of sp³-hybridized carbons (Fsp3) is 0.474. The van der Waals surface area contributed by atoms with Gasteiger partial charge in [0.2, 0.25) is 5.91 Å². The molecule has 1 saturated heterocycles. The summed E-state index contributed by atoms with van der Waals surface area (Å²) < 4.78 is 24.3. The molecule has 1 amide bonds. The molecule has 1 aliphatic heterocycles. The number of hydrogen-bond acceptors (Lipinski definition) is 5. The Morgan fingerprint density at radius 3 is 2.81 bits per heavy atom. The second kappa shape index (κ2) is 8.68. The average Bonchev–Trinajstić information content (AvgIpc) is 3.30. The first kappa shape index (κ1) is 18.9. The number of rotatable bonds is 7. The summed E-state index contributed by atoms with van der Waals surface area (Å²) in [5.74, 6) is 0.327. The first-order valence-electron chi connectivity index (χ1n) is 8.80. The Kier molecular flexibility index (Phi) is 6.32. The van der Waals surface area contributed by atoms with Gasteiger partial charge in [-0.25, -0.2) is 9.37 Å². The van der Waals surface area contributed by atoms with Crippen molar-refractivity contribution >= 4 is 17.7 Å². The van der Waals surface area contributed by atoms with Crippen LogP contribution in [0.3, 0.4) is 0 Å². The Balaban J connectivity index is 1.62. The topological polar surface area (TPSA) is 64.4 Å². The summed E-state index contributed by atoms with van der Waals surface area (Å²) in [5.41, 5.74) is 0.745. The number of nitrogens with one attached hydrogen (secondary N) is 1. The van der Waals surface area contributed by atoms with Crippen molar-refractivity contribution in [2.75, 3.05) is 13.2 Å². The van der Waals surface area contributed by atoms with Crippen LogP contribution in [0.25, 0.3) is 11.3 Å².